The Morgan fingerprint density at radius 1 is 1.09 bits per heavy atom. The van der Waals surface area contributed by atoms with Crippen molar-refractivity contribution in [1.82, 2.24) is 20.3 Å². The first-order valence-electron chi connectivity index (χ1n) is 14.3. The zero-order valence-electron chi connectivity index (χ0n) is 25.0. The molecule has 2 aromatic carbocycles. The highest BCUT2D eigenvalue weighted by Crippen LogP contribution is 2.40. The van der Waals surface area contributed by atoms with Gasteiger partial charge in [0.1, 0.15) is 6.92 Å². The summed E-state index contributed by atoms with van der Waals surface area (Å²) in [6, 6.07) is 14.0. The summed E-state index contributed by atoms with van der Waals surface area (Å²) in [7, 11) is -3.95. The van der Waals surface area contributed by atoms with Crippen LogP contribution in [0, 0.1) is 6.92 Å². The van der Waals surface area contributed by atoms with Crippen molar-refractivity contribution in [3.05, 3.63) is 72.2 Å². The average molecular weight is 627 g/mol. The number of amides is 3. The van der Waals surface area contributed by atoms with Crippen molar-refractivity contribution >= 4 is 39.2 Å². The van der Waals surface area contributed by atoms with Gasteiger partial charge in [-0.2, -0.15) is 0 Å². The second-order valence-electron chi connectivity index (χ2n) is 11.8. The Kier molecular flexibility index (Phi) is 10.4. The summed E-state index contributed by atoms with van der Waals surface area (Å²) < 4.78 is 35.0. The molecule has 1 aromatic heterocycles. The van der Waals surface area contributed by atoms with Crippen LogP contribution in [-0.2, 0) is 21.3 Å². The molecular formula is C31H40N5O5S2+. The molecule has 4 rings (SSSR count). The van der Waals surface area contributed by atoms with E-state index in [1.54, 1.807) is 46.0 Å². The molecule has 1 aliphatic carbocycles. The van der Waals surface area contributed by atoms with Gasteiger partial charge in [-0.15, -0.1) is 11.3 Å². The van der Waals surface area contributed by atoms with E-state index in [2.05, 4.69) is 32.6 Å². The number of carbonyl (C=O) groups is 2. The molecule has 12 heteroatoms. The summed E-state index contributed by atoms with van der Waals surface area (Å²) in [5.74, 6) is 0.210. The summed E-state index contributed by atoms with van der Waals surface area (Å²) >= 11 is 1.47. The van der Waals surface area contributed by atoms with Crippen molar-refractivity contribution < 1.29 is 22.7 Å². The van der Waals surface area contributed by atoms with Crippen LogP contribution in [0.25, 0.3) is 10.4 Å². The van der Waals surface area contributed by atoms with Crippen molar-refractivity contribution in [2.45, 2.75) is 88.4 Å². The molecule has 3 amide bonds. The minimum atomic E-state index is -3.95. The average Bonchev–Trinajstić information content (AvgIpc) is 3.41. The number of benzene rings is 2. The smallest absolute Gasteiger partial charge is 0.405 e. The third-order valence-electron chi connectivity index (χ3n) is 6.76. The number of nitrogens with one attached hydrogen (secondary N) is 4. The van der Waals surface area contributed by atoms with Gasteiger partial charge in [0.05, 0.1) is 14.8 Å². The molecule has 0 aliphatic heterocycles. The first-order chi connectivity index (χ1) is 20.3. The zero-order valence-corrected chi connectivity index (χ0v) is 26.6. The van der Waals surface area contributed by atoms with Gasteiger partial charge in [0, 0.05) is 48.4 Å². The van der Waals surface area contributed by atoms with E-state index in [1.807, 2.05) is 30.3 Å². The lowest BCUT2D eigenvalue weighted by atomic mass is 9.86. The second kappa shape index (κ2) is 13.8. The van der Waals surface area contributed by atoms with E-state index < -0.39 is 33.8 Å². The maximum absolute atomic E-state index is 13.6. The summed E-state index contributed by atoms with van der Waals surface area (Å²) in [5.41, 5.74) is 1.10. The number of hydrogen-bond donors (Lipinski definition) is 4. The number of sulfonamides is 1. The van der Waals surface area contributed by atoms with E-state index in [1.165, 1.54) is 17.4 Å². The van der Waals surface area contributed by atoms with Crippen molar-refractivity contribution in [3.63, 3.8) is 0 Å². The van der Waals surface area contributed by atoms with Gasteiger partial charge in [-0.1, -0.05) is 36.4 Å². The van der Waals surface area contributed by atoms with Crippen LogP contribution in [0.2, 0.25) is 0 Å². The number of anilines is 1. The Morgan fingerprint density at radius 2 is 1.79 bits per heavy atom. The topological polar surface area (TPSA) is 139 Å². The van der Waals surface area contributed by atoms with Crippen molar-refractivity contribution in [2.24, 2.45) is 0 Å². The van der Waals surface area contributed by atoms with Crippen LogP contribution in [0.15, 0.2) is 59.6 Å². The monoisotopic (exact) mass is 626 g/mol. The Hall–Kier alpha value is -3.61. The largest absolute Gasteiger partial charge is 0.410 e. The van der Waals surface area contributed by atoms with E-state index in [0.29, 0.717) is 17.8 Å². The highest BCUT2D eigenvalue weighted by Gasteiger charge is 2.29. The van der Waals surface area contributed by atoms with E-state index in [9.17, 15) is 18.0 Å². The molecule has 43 heavy (non-hydrogen) atoms. The molecule has 3 aromatic rings. The third-order valence-corrected chi connectivity index (χ3v) is 9.75. The Balaban J connectivity index is 1.50. The van der Waals surface area contributed by atoms with Gasteiger partial charge in [0.15, 0.2) is 0 Å². The summed E-state index contributed by atoms with van der Waals surface area (Å²) in [5, 5.41) is 9.38. The van der Waals surface area contributed by atoms with Gasteiger partial charge in [-0.05, 0) is 64.2 Å². The van der Waals surface area contributed by atoms with Gasteiger partial charge in [0.2, 0.25) is 16.1 Å². The maximum Gasteiger partial charge on any atom is 0.410 e. The lowest BCUT2D eigenvalue weighted by molar-refractivity contribution is 0.119. The summed E-state index contributed by atoms with van der Waals surface area (Å²) in [4.78, 5) is 30.0. The van der Waals surface area contributed by atoms with Crippen molar-refractivity contribution in [3.8, 4) is 10.4 Å². The Morgan fingerprint density at radius 3 is 2.44 bits per heavy atom. The molecule has 1 aliphatic rings. The van der Waals surface area contributed by atoms with Crippen LogP contribution in [0.4, 0.5) is 15.3 Å². The SMILES string of the molecule is [CH2+]C(C)OC(=O)NC1CCC(c2ncc(-c3ccc(NC(=O)NCc4ccccc4)cc3S(=O)(=O)NC(C)(C)C)s2)CC1. The number of hydrogen-bond acceptors (Lipinski definition) is 7. The Labute approximate surface area is 258 Å². The molecule has 1 saturated carbocycles. The van der Waals surface area contributed by atoms with Crippen LogP contribution in [0.5, 0.6) is 0 Å². The highest BCUT2D eigenvalue weighted by molar-refractivity contribution is 7.89. The van der Waals surface area contributed by atoms with Gasteiger partial charge < -0.3 is 20.7 Å². The van der Waals surface area contributed by atoms with Gasteiger partial charge in [0.25, 0.3) is 0 Å². The molecular weight excluding hydrogens is 587 g/mol. The van der Waals surface area contributed by atoms with Crippen molar-refractivity contribution in [2.75, 3.05) is 5.32 Å². The first kappa shape index (κ1) is 32.3. The quantitative estimate of drug-likeness (QED) is 0.209. The minimum absolute atomic E-state index is 0.0343. The van der Waals surface area contributed by atoms with Crippen LogP contribution in [0.1, 0.15) is 69.9 Å². The van der Waals surface area contributed by atoms with E-state index in [4.69, 9.17) is 4.74 Å². The molecule has 0 radical (unpaired) electrons. The van der Waals surface area contributed by atoms with E-state index in [0.717, 1.165) is 41.1 Å². The van der Waals surface area contributed by atoms with Gasteiger partial charge in [-0.3, -0.25) is 0 Å². The van der Waals surface area contributed by atoms with Crippen molar-refractivity contribution in [1.29, 1.82) is 0 Å². The molecule has 1 atom stereocenters. The lowest BCUT2D eigenvalue weighted by Gasteiger charge is -2.27. The first-order valence-corrected chi connectivity index (χ1v) is 16.6. The number of nitrogens with zero attached hydrogens (tertiary/aromatic N) is 1. The second-order valence-corrected chi connectivity index (χ2v) is 14.5. The minimum Gasteiger partial charge on any atom is -0.405 e. The van der Waals surface area contributed by atoms with E-state index in [-0.39, 0.29) is 16.9 Å². The zero-order chi connectivity index (χ0) is 31.2. The van der Waals surface area contributed by atoms with Crippen LogP contribution >= 0.6 is 11.3 Å². The van der Waals surface area contributed by atoms with Crippen LogP contribution in [-0.4, -0.2) is 43.2 Å². The highest BCUT2D eigenvalue weighted by atomic mass is 32.2. The number of alkyl carbamates (subject to hydrolysis) is 1. The molecule has 1 fully saturated rings. The molecule has 4 N–H and O–H groups in total. The number of carbonyl (C=O) groups excluding carboxylic acids is 2. The molecule has 230 valence electrons. The molecule has 0 saturated heterocycles. The Bertz CT molecular complexity index is 1510. The standard InChI is InChI=1S/C31H39N5O5S2/c1-20(2)41-30(38)35-23-13-11-22(12-14-23)28-32-19-26(42-28)25-16-15-24(17-27(25)43(39,40)36-31(3,4)5)34-29(37)33-18-21-9-7-6-8-10-21/h6-10,15-17,19-20,22-23,36H,1,11-14,18H2,2-5H3,(H2-,33,34,35,37,38)/p+1. The normalized spacial score (nSPS) is 18.0. The number of aromatic nitrogens is 1. The molecule has 1 heterocycles. The summed E-state index contributed by atoms with van der Waals surface area (Å²) in [6.45, 7) is 11.0. The molecule has 10 nitrogen and oxygen atoms in total. The predicted molar refractivity (Wildman–Crippen MR) is 169 cm³/mol. The van der Waals surface area contributed by atoms with Crippen LogP contribution in [0.3, 0.4) is 0 Å². The van der Waals surface area contributed by atoms with E-state index >= 15 is 0 Å². The van der Waals surface area contributed by atoms with Crippen LogP contribution < -0.4 is 20.7 Å². The lowest BCUT2D eigenvalue weighted by Crippen LogP contribution is -2.40. The number of rotatable bonds is 9. The predicted octanol–water partition coefficient (Wildman–Crippen LogP) is 6.18. The number of thiazole rings is 1. The number of ether oxygens (including phenoxy) is 1. The summed E-state index contributed by atoms with van der Waals surface area (Å²) in [6.07, 6.45) is 4.11. The fourth-order valence-electron chi connectivity index (χ4n) is 4.91. The number of urea groups is 1. The molecule has 1 unspecified atom stereocenters. The fraction of sp³-hybridized carbons (Fsp3) is 0.419. The molecule has 0 spiro atoms. The van der Waals surface area contributed by atoms with Gasteiger partial charge in [-0.25, -0.2) is 27.7 Å². The fourth-order valence-corrected chi connectivity index (χ4v) is 7.76. The third kappa shape index (κ3) is 9.44. The molecule has 0 bridgehead atoms. The maximum atomic E-state index is 13.6. The van der Waals surface area contributed by atoms with Gasteiger partial charge >= 0.3 is 12.1 Å².